The molecule has 0 heterocycles. The van der Waals surface area contributed by atoms with E-state index in [4.69, 9.17) is 15.2 Å². The summed E-state index contributed by atoms with van der Waals surface area (Å²) >= 11 is 0. The zero-order chi connectivity index (χ0) is 10.6. The number of nitrogens with two attached hydrogens (primary N) is 1. The molecule has 0 spiro atoms. The van der Waals surface area contributed by atoms with Crippen LogP contribution in [-0.4, -0.2) is 30.8 Å². The largest absolute Gasteiger partial charge is 0.465 e. The number of rotatable bonds is 5. The van der Waals surface area contributed by atoms with Crippen LogP contribution >= 0.6 is 0 Å². The Morgan fingerprint density at radius 1 is 1.57 bits per heavy atom. The molecule has 1 saturated carbocycles. The van der Waals surface area contributed by atoms with Crippen LogP contribution in [0.1, 0.15) is 33.1 Å². The summed E-state index contributed by atoms with van der Waals surface area (Å²) < 4.78 is 10.3. The van der Waals surface area contributed by atoms with Crippen molar-refractivity contribution in [1.82, 2.24) is 0 Å². The van der Waals surface area contributed by atoms with Gasteiger partial charge in [-0.1, -0.05) is 0 Å². The van der Waals surface area contributed by atoms with Crippen LogP contribution in [0.4, 0.5) is 0 Å². The molecule has 1 aliphatic rings. The Hall–Kier alpha value is -0.610. The second-order valence-electron chi connectivity index (χ2n) is 4.00. The lowest BCUT2D eigenvalue weighted by Gasteiger charge is -2.30. The molecule has 1 fully saturated rings. The average molecular weight is 201 g/mol. The van der Waals surface area contributed by atoms with Crippen molar-refractivity contribution in [1.29, 1.82) is 0 Å². The van der Waals surface area contributed by atoms with Gasteiger partial charge < -0.3 is 15.2 Å². The van der Waals surface area contributed by atoms with Gasteiger partial charge in [0.25, 0.3) is 0 Å². The first-order valence-electron chi connectivity index (χ1n) is 5.14. The van der Waals surface area contributed by atoms with E-state index in [0.717, 1.165) is 12.8 Å². The minimum Gasteiger partial charge on any atom is -0.465 e. The molecule has 0 radical (unpaired) electrons. The highest BCUT2D eigenvalue weighted by atomic mass is 16.5. The monoisotopic (exact) mass is 201 g/mol. The van der Waals surface area contributed by atoms with E-state index < -0.39 is 5.54 Å². The van der Waals surface area contributed by atoms with Crippen molar-refractivity contribution in [2.75, 3.05) is 13.2 Å². The smallest absolute Gasteiger partial charge is 0.328 e. The van der Waals surface area contributed by atoms with Crippen LogP contribution in [0.25, 0.3) is 0 Å². The molecule has 0 aromatic rings. The van der Waals surface area contributed by atoms with E-state index in [-0.39, 0.29) is 12.6 Å². The van der Waals surface area contributed by atoms with Crippen molar-refractivity contribution < 1.29 is 14.3 Å². The van der Waals surface area contributed by atoms with Gasteiger partial charge >= 0.3 is 5.97 Å². The van der Waals surface area contributed by atoms with Crippen molar-refractivity contribution >= 4 is 5.97 Å². The van der Waals surface area contributed by atoms with Gasteiger partial charge in [-0.25, -0.2) is 4.79 Å². The maximum absolute atomic E-state index is 11.4. The average Bonchev–Trinajstić information content (AvgIpc) is 2.01. The summed E-state index contributed by atoms with van der Waals surface area (Å²) in [4.78, 5) is 11.4. The zero-order valence-corrected chi connectivity index (χ0v) is 8.91. The van der Waals surface area contributed by atoms with Gasteiger partial charge in [0.1, 0.15) is 5.54 Å². The molecule has 1 unspecified atom stereocenters. The standard InChI is InChI=1S/C10H19NO3/c1-3-13-9(12)10(2,11)7-14-8-5-4-6-8/h8H,3-7,11H2,1-2H3. The summed E-state index contributed by atoms with van der Waals surface area (Å²) in [5.41, 5.74) is 4.77. The minimum atomic E-state index is -1.01. The fourth-order valence-corrected chi connectivity index (χ4v) is 1.18. The third-order valence-corrected chi connectivity index (χ3v) is 2.41. The van der Waals surface area contributed by atoms with Crippen molar-refractivity contribution in [3.05, 3.63) is 0 Å². The van der Waals surface area contributed by atoms with Gasteiger partial charge in [-0.2, -0.15) is 0 Å². The molecule has 0 aromatic carbocycles. The van der Waals surface area contributed by atoms with Gasteiger partial charge in [-0.3, -0.25) is 0 Å². The van der Waals surface area contributed by atoms with Crippen LogP contribution in [0.2, 0.25) is 0 Å². The van der Waals surface area contributed by atoms with Crippen molar-refractivity contribution in [2.45, 2.75) is 44.8 Å². The fourth-order valence-electron chi connectivity index (χ4n) is 1.18. The molecule has 1 atom stereocenters. The van der Waals surface area contributed by atoms with Crippen LogP contribution < -0.4 is 5.73 Å². The molecule has 2 N–H and O–H groups in total. The second kappa shape index (κ2) is 4.75. The molecule has 0 aliphatic heterocycles. The van der Waals surface area contributed by atoms with E-state index in [1.54, 1.807) is 13.8 Å². The molecular formula is C10H19NO3. The molecule has 0 amide bonds. The summed E-state index contributed by atoms with van der Waals surface area (Å²) in [5.74, 6) is -0.390. The number of carbonyl (C=O) groups is 1. The molecule has 82 valence electrons. The highest BCUT2D eigenvalue weighted by Gasteiger charge is 2.32. The Bertz CT molecular complexity index is 200. The third kappa shape index (κ3) is 2.96. The maximum atomic E-state index is 11.4. The van der Waals surface area contributed by atoms with Gasteiger partial charge in [0.15, 0.2) is 0 Å². The lowest BCUT2D eigenvalue weighted by Crippen LogP contribution is -2.51. The lowest BCUT2D eigenvalue weighted by atomic mass is 9.96. The number of hydrogen-bond acceptors (Lipinski definition) is 4. The molecule has 0 aromatic heterocycles. The van der Waals surface area contributed by atoms with Crippen molar-refractivity contribution in [3.63, 3.8) is 0 Å². The maximum Gasteiger partial charge on any atom is 0.328 e. The summed E-state index contributed by atoms with van der Waals surface area (Å²) in [6.45, 7) is 4.01. The van der Waals surface area contributed by atoms with Crippen LogP contribution in [0.5, 0.6) is 0 Å². The predicted molar refractivity (Wildman–Crippen MR) is 52.8 cm³/mol. The fraction of sp³-hybridized carbons (Fsp3) is 0.900. The summed E-state index contributed by atoms with van der Waals surface area (Å²) in [5, 5.41) is 0. The lowest BCUT2D eigenvalue weighted by molar-refractivity contribution is -0.153. The van der Waals surface area contributed by atoms with Crippen LogP contribution in [0.15, 0.2) is 0 Å². The van der Waals surface area contributed by atoms with Gasteiger partial charge in [0, 0.05) is 0 Å². The molecule has 14 heavy (non-hydrogen) atoms. The first kappa shape index (κ1) is 11.5. The molecule has 1 aliphatic carbocycles. The summed E-state index contributed by atoms with van der Waals surface area (Å²) in [6, 6.07) is 0. The Morgan fingerprint density at radius 3 is 2.64 bits per heavy atom. The van der Waals surface area contributed by atoms with E-state index in [9.17, 15) is 4.79 Å². The number of carbonyl (C=O) groups excluding carboxylic acids is 1. The topological polar surface area (TPSA) is 61.5 Å². The molecule has 4 nitrogen and oxygen atoms in total. The molecule has 0 bridgehead atoms. The SMILES string of the molecule is CCOC(=O)C(C)(N)COC1CCC1. The van der Waals surface area contributed by atoms with Crippen LogP contribution in [0.3, 0.4) is 0 Å². The summed E-state index contributed by atoms with van der Waals surface area (Å²) in [6.07, 6.45) is 3.68. The molecular weight excluding hydrogens is 182 g/mol. The first-order valence-corrected chi connectivity index (χ1v) is 5.14. The van der Waals surface area contributed by atoms with E-state index in [0.29, 0.717) is 12.7 Å². The quantitative estimate of drug-likeness (QED) is 0.669. The van der Waals surface area contributed by atoms with E-state index in [2.05, 4.69) is 0 Å². The van der Waals surface area contributed by atoms with Gasteiger partial charge in [-0.05, 0) is 33.1 Å². The second-order valence-corrected chi connectivity index (χ2v) is 4.00. The number of hydrogen-bond donors (Lipinski definition) is 1. The third-order valence-electron chi connectivity index (χ3n) is 2.41. The highest BCUT2D eigenvalue weighted by molar-refractivity contribution is 5.80. The Kier molecular flexibility index (Phi) is 3.89. The van der Waals surface area contributed by atoms with E-state index >= 15 is 0 Å². The highest BCUT2D eigenvalue weighted by Crippen LogP contribution is 2.22. The zero-order valence-electron chi connectivity index (χ0n) is 8.91. The molecule has 0 saturated heterocycles. The number of esters is 1. The van der Waals surface area contributed by atoms with Gasteiger partial charge in [-0.15, -0.1) is 0 Å². The van der Waals surface area contributed by atoms with Crippen molar-refractivity contribution in [2.24, 2.45) is 5.73 Å². The minimum absolute atomic E-state index is 0.247. The Labute approximate surface area is 84.7 Å². The van der Waals surface area contributed by atoms with Crippen molar-refractivity contribution in [3.8, 4) is 0 Å². The van der Waals surface area contributed by atoms with E-state index in [1.807, 2.05) is 0 Å². The van der Waals surface area contributed by atoms with Gasteiger partial charge in [0.05, 0.1) is 19.3 Å². The van der Waals surface area contributed by atoms with Crippen LogP contribution in [-0.2, 0) is 14.3 Å². The number of ether oxygens (including phenoxy) is 2. The molecule has 1 rings (SSSR count). The molecule has 4 heteroatoms. The summed E-state index contributed by atoms with van der Waals surface area (Å²) in [7, 11) is 0. The van der Waals surface area contributed by atoms with Crippen LogP contribution in [0, 0.1) is 0 Å². The first-order chi connectivity index (χ1) is 6.56. The van der Waals surface area contributed by atoms with Gasteiger partial charge in [0.2, 0.25) is 0 Å². The predicted octanol–water partition coefficient (Wildman–Crippen LogP) is 0.836. The normalized spacial score (nSPS) is 21.1. The Balaban J connectivity index is 2.27. The van der Waals surface area contributed by atoms with E-state index in [1.165, 1.54) is 6.42 Å². The Morgan fingerprint density at radius 2 is 2.21 bits per heavy atom.